The molecule has 1 atom stereocenters. The second kappa shape index (κ2) is 10.7. The number of hydrogen-bond acceptors (Lipinski definition) is 5. The predicted molar refractivity (Wildman–Crippen MR) is 152 cm³/mol. The Labute approximate surface area is 237 Å². The molecular weight excluding hydrogens is 558 g/mol. The van der Waals surface area contributed by atoms with Crippen molar-refractivity contribution in [1.29, 1.82) is 0 Å². The Balaban J connectivity index is 1.79. The highest BCUT2D eigenvalue weighted by molar-refractivity contribution is 7.91. The van der Waals surface area contributed by atoms with Gasteiger partial charge in [0, 0.05) is 32.0 Å². The van der Waals surface area contributed by atoms with E-state index in [2.05, 4.69) is 4.98 Å². The topological polar surface area (TPSA) is 70.6 Å². The average Bonchev–Trinajstić information content (AvgIpc) is 3.38. The number of carbonyl (C=O) groups excluding carboxylic acids is 1. The first kappa shape index (κ1) is 30.5. The molecule has 2 heterocycles. The third-order valence-corrected chi connectivity index (χ3v) is 9.34. The van der Waals surface area contributed by atoms with E-state index in [0.717, 1.165) is 12.1 Å². The van der Waals surface area contributed by atoms with Crippen LogP contribution in [0.1, 0.15) is 42.5 Å². The van der Waals surface area contributed by atoms with Gasteiger partial charge in [-0.1, -0.05) is 17.7 Å². The third-order valence-electron chi connectivity index (χ3n) is 7.75. The minimum absolute atomic E-state index is 0.217. The first-order valence-electron chi connectivity index (χ1n) is 13.1. The number of nitrogens with zero attached hydrogens (tertiary/aromatic N) is 3. The number of halogens is 4. The van der Waals surface area contributed by atoms with Gasteiger partial charge in [-0.25, -0.2) is 17.8 Å². The number of benzene rings is 2. The van der Waals surface area contributed by atoms with E-state index in [1.807, 2.05) is 4.90 Å². The van der Waals surface area contributed by atoms with Crippen molar-refractivity contribution in [2.75, 3.05) is 36.2 Å². The van der Waals surface area contributed by atoms with E-state index in [1.54, 1.807) is 45.9 Å². The number of hydrogen-bond donors (Lipinski definition) is 0. The quantitative estimate of drug-likeness (QED) is 0.325. The third kappa shape index (κ3) is 6.24. The fraction of sp³-hybridized carbons (Fsp3) is 0.400. The molecule has 1 aromatic heterocycles. The van der Waals surface area contributed by atoms with Crippen molar-refractivity contribution in [1.82, 2.24) is 4.98 Å². The van der Waals surface area contributed by atoms with Crippen LogP contribution in [-0.2, 0) is 26.2 Å². The van der Waals surface area contributed by atoms with Gasteiger partial charge in [-0.3, -0.25) is 4.79 Å². The van der Waals surface area contributed by atoms with Gasteiger partial charge >= 0.3 is 6.18 Å². The number of aryl methyl sites for hydroxylation is 2. The minimum atomic E-state index is -4.56. The molecule has 220 valence electrons. The molecule has 2 aromatic carbocycles. The van der Waals surface area contributed by atoms with Gasteiger partial charge in [0.15, 0.2) is 9.84 Å². The summed E-state index contributed by atoms with van der Waals surface area (Å²) in [6, 6.07) is 9.61. The molecule has 0 saturated carbocycles. The number of amides is 1. The smallest absolute Gasteiger partial charge is 0.355 e. The van der Waals surface area contributed by atoms with Gasteiger partial charge in [0.25, 0.3) is 0 Å². The van der Waals surface area contributed by atoms with Gasteiger partial charge in [0.1, 0.15) is 11.6 Å². The fourth-order valence-corrected chi connectivity index (χ4v) is 6.25. The van der Waals surface area contributed by atoms with Crippen LogP contribution in [0.15, 0.2) is 48.7 Å². The minimum Gasteiger partial charge on any atom is -0.355 e. The Morgan fingerprint density at radius 3 is 2.27 bits per heavy atom. The summed E-state index contributed by atoms with van der Waals surface area (Å²) in [5, 5.41) is -0.527. The summed E-state index contributed by atoms with van der Waals surface area (Å²) in [5.74, 6) is -0.388. The number of sulfone groups is 1. The monoisotopic (exact) mass is 591 g/mol. The molecule has 0 aliphatic carbocycles. The largest absolute Gasteiger partial charge is 0.416 e. The lowest BCUT2D eigenvalue weighted by Gasteiger charge is -2.32. The van der Waals surface area contributed by atoms with Crippen molar-refractivity contribution in [3.63, 3.8) is 0 Å². The van der Waals surface area contributed by atoms with Gasteiger partial charge < -0.3 is 9.80 Å². The van der Waals surface area contributed by atoms with Crippen LogP contribution in [0.2, 0.25) is 0 Å². The molecule has 1 fully saturated rings. The molecule has 1 aliphatic heterocycles. The normalized spacial score (nSPS) is 16.2. The lowest BCUT2D eigenvalue weighted by Crippen LogP contribution is -2.42. The maximum atomic E-state index is 14.0. The van der Waals surface area contributed by atoms with Crippen LogP contribution in [-0.4, -0.2) is 51.0 Å². The van der Waals surface area contributed by atoms with Crippen molar-refractivity contribution >= 4 is 27.2 Å². The zero-order chi connectivity index (χ0) is 30.5. The van der Waals surface area contributed by atoms with Crippen LogP contribution >= 0.6 is 0 Å². The lowest BCUT2D eigenvalue weighted by atomic mass is 9.81. The van der Waals surface area contributed by atoms with E-state index in [-0.39, 0.29) is 12.1 Å². The molecule has 1 aliphatic rings. The van der Waals surface area contributed by atoms with Crippen LogP contribution in [0.25, 0.3) is 11.1 Å². The Hall–Kier alpha value is -3.47. The molecule has 0 N–H and O–H groups in total. The number of pyridine rings is 1. The Morgan fingerprint density at radius 1 is 1.02 bits per heavy atom. The van der Waals surface area contributed by atoms with E-state index >= 15 is 0 Å². The van der Waals surface area contributed by atoms with Gasteiger partial charge in [-0.2, -0.15) is 13.2 Å². The molecule has 4 rings (SSSR count). The molecule has 3 aromatic rings. The average molecular weight is 592 g/mol. The molecule has 1 amide bonds. The molecule has 0 bridgehead atoms. The first-order valence-corrected chi connectivity index (χ1v) is 15.0. The van der Waals surface area contributed by atoms with Crippen LogP contribution < -0.4 is 9.80 Å². The van der Waals surface area contributed by atoms with Crippen LogP contribution in [0, 0.1) is 19.7 Å². The van der Waals surface area contributed by atoms with Crippen LogP contribution in [0.4, 0.5) is 29.1 Å². The Kier molecular flexibility index (Phi) is 7.99. The van der Waals surface area contributed by atoms with Crippen molar-refractivity contribution < 1.29 is 30.8 Å². The SMILES string of the molecule is Cc1cc(C(F)(F)F)cc(C(C)(C)C(=O)N(C)c2cnc(N3CCC(S(C)(=O)=O)C3)cc2-c2ccc(F)cc2C)c1. The highest BCUT2D eigenvalue weighted by Gasteiger charge is 2.38. The predicted octanol–water partition coefficient (Wildman–Crippen LogP) is 6.09. The number of carbonyl (C=O) groups is 1. The van der Waals surface area contributed by atoms with Gasteiger partial charge in [-0.05, 0) is 81.1 Å². The standard InChI is InChI=1S/C30H33F4N3O3S/c1-18-11-20(14-21(12-18)30(32,33)34)29(3,4)28(38)36(5)26-16-35-27(37-10-9-23(17-37)41(6,39)40)15-25(26)24-8-7-22(31)13-19(24)2/h7-8,11-16,23H,9-10,17H2,1-6H3. The zero-order valence-corrected chi connectivity index (χ0v) is 24.6. The summed E-state index contributed by atoms with van der Waals surface area (Å²) < 4.78 is 78.9. The maximum absolute atomic E-state index is 14.0. The maximum Gasteiger partial charge on any atom is 0.416 e. The van der Waals surface area contributed by atoms with Gasteiger partial charge in [-0.15, -0.1) is 0 Å². The Morgan fingerprint density at radius 2 is 1.68 bits per heavy atom. The highest BCUT2D eigenvalue weighted by atomic mass is 32.2. The van der Waals surface area contributed by atoms with Crippen molar-refractivity contribution in [3.05, 3.63) is 76.7 Å². The highest BCUT2D eigenvalue weighted by Crippen LogP contribution is 2.39. The fourth-order valence-electron chi connectivity index (χ4n) is 5.27. The summed E-state index contributed by atoms with van der Waals surface area (Å²) in [6.45, 7) is 7.16. The van der Waals surface area contributed by atoms with Crippen LogP contribution in [0.5, 0.6) is 0 Å². The summed E-state index contributed by atoms with van der Waals surface area (Å²) >= 11 is 0. The molecule has 41 heavy (non-hydrogen) atoms. The number of likely N-dealkylation sites (N-methyl/N-ethyl adjacent to an activating group) is 1. The van der Waals surface area contributed by atoms with Crippen molar-refractivity contribution in [2.24, 2.45) is 0 Å². The van der Waals surface area contributed by atoms with Crippen molar-refractivity contribution in [2.45, 2.75) is 51.0 Å². The van der Waals surface area contributed by atoms with E-state index in [1.165, 1.54) is 36.5 Å². The number of aromatic nitrogens is 1. The number of rotatable bonds is 6. The lowest BCUT2D eigenvalue weighted by molar-refractivity contribution is -0.137. The summed E-state index contributed by atoms with van der Waals surface area (Å²) in [6.07, 6.45) is -1.41. The summed E-state index contributed by atoms with van der Waals surface area (Å²) in [5.41, 5.74) is 0.601. The zero-order valence-electron chi connectivity index (χ0n) is 23.8. The second-order valence-corrected chi connectivity index (χ2v) is 13.6. The molecule has 0 spiro atoms. The molecule has 0 radical (unpaired) electrons. The van der Waals surface area contributed by atoms with E-state index in [4.69, 9.17) is 0 Å². The van der Waals surface area contributed by atoms with E-state index < -0.39 is 44.0 Å². The molecule has 11 heteroatoms. The van der Waals surface area contributed by atoms with E-state index in [9.17, 15) is 30.8 Å². The molecule has 1 saturated heterocycles. The first-order chi connectivity index (χ1) is 18.9. The molecule has 6 nitrogen and oxygen atoms in total. The van der Waals surface area contributed by atoms with Gasteiger partial charge in [0.05, 0.1) is 28.1 Å². The summed E-state index contributed by atoms with van der Waals surface area (Å²) in [7, 11) is -1.72. The number of alkyl halides is 3. The van der Waals surface area contributed by atoms with Crippen molar-refractivity contribution in [3.8, 4) is 11.1 Å². The van der Waals surface area contributed by atoms with Crippen LogP contribution in [0.3, 0.4) is 0 Å². The van der Waals surface area contributed by atoms with E-state index in [0.29, 0.717) is 46.7 Å². The Bertz CT molecular complexity index is 1600. The molecular formula is C30H33F4N3O3S. The second-order valence-electron chi connectivity index (χ2n) is 11.3. The number of anilines is 2. The van der Waals surface area contributed by atoms with Gasteiger partial charge in [0.2, 0.25) is 5.91 Å². The summed E-state index contributed by atoms with van der Waals surface area (Å²) in [4.78, 5) is 21.7. The molecule has 1 unspecified atom stereocenters.